The van der Waals surface area contributed by atoms with Crippen molar-refractivity contribution in [3.8, 4) is 0 Å². The topological polar surface area (TPSA) is 65.5 Å². The molecule has 0 radical (unpaired) electrons. The highest BCUT2D eigenvalue weighted by atomic mass is 16.2. The molecule has 6 nitrogen and oxygen atoms in total. The van der Waals surface area contributed by atoms with Crippen molar-refractivity contribution in [3.63, 3.8) is 0 Å². The van der Waals surface area contributed by atoms with Crippen LogP contribution in [0.4, 0.5) is 11.5 Å². The van der Waals surface area contributed by atoms with Gasteiger partial charge in [0.05, 0.1) is 11.9 Å². The van der Waals surface area contributed by atoms with Gasteiger partial charge in [-0.05, 0) is 49.1 Å². The van der Waals surface area contributed by atoms with E-state index in [4.69, 9.17) is 0 Å². The molecule has 0 bridgehead atoms. The van der Waals surface area contributed by atoms with Gasteiger partial charge in [-0.2, -0.15) is 0 Å². The number of hydrogen-bond acceptors (Lipinski definition) is 4. The molecule has 27 heavy (non-hydrogen) atoms. The van der Waals surface area contributed by atoms with Crippen LogP contribution in [0.2, 0.25) is 0 Å². The summed E-state index contributed by atoms with van der Waals surface area (Å²) in [5, 5.41) is 2.89. The average Bonchev–Trinajstić information content (AvgIpc) is 3.36. The van der Waals surface area contributed by atoms with Crippen molar-refractivity contribution in [2.45, 2.75) is 32.2 Å². The van der Waals surface area contributed by atoms with Crippen LogP contribution >= 0.6 is 0 Å². The van der Waals surface area contributed by atoms with Crippen LogP contribution in [-0.4, -0.2) is 41.3 Å². The second kappa shape index (κ2) is 7.78. The average molecular weight is 364 g/mol. The van der Waals surface area contributed by atoms with Gasteiger partial charge in [-0.25, -0.2) is 4.98 Å². The molecule has 4 rings (SSSR count). The quantitative estimate of drug-likeness (QED) is 0.886. The zero-order valence-electron chi connectivity index (χ0n) is 15.4. The van der Waals surface area contributed by atoms with Crippen molar-refractivity contribution < 1.29 is 9.59 Å². The zero-order chi connectivity index (χ0) is 18.6. The Morgan fingerprint density at radius 1 is 1.00 bits per heavy atom. The highest BCUT2D eigenvalue weighted by molar-refractivity contribution is 6.04. The Kier molecular flexibility index (Phi) is 5.05. The minimum atomic E-state index is -0.158. The molecule has 3 heterocycles. The molecule has 0 spiro atoms. The fourth-order valence-corrected chi connectivity index (χ4v) is 3.65. The molecular weight excluding hydrogens is 340 g/mol. The van der Waals surface area contributed by atoms with Gasteiger partial charge >= 0.3 is 0 Å². The molecule has 2 aliphatic rings. The Hall–Kier alpha value is -2.89. The molecule has 6 heteroatoms. The first-order valence-corrected chi connectivity index (χ1v) is 9.58. The number of benzene rings is 1. The van der Waals surface area contributed by atoms with Crippen molar-refractivity contribution in [1.29, 1.82) is 0 Å². The van der Waals surface area contributed by atoms with Crippen LogP contribution in [0.15, 0.2) is 42.6 Å². The smallest absolute Gasteiger partial charge is 0.255 e. The highest BCUT2D eigenvalue weighted by Crippen LogP contribution is 2.20. The molecule has 0 saturated carbocycles. The molecule has 0 aliphatic carbocycles. The van der Waals surface area contributed by atoms with E-state index in [9.17, 15) is 9.59 Å². The van der Waals surface area contributed by atoms with Gasteiger partial charge in [0.15, 0.2) is 0 Å². The fraction of sp³-hybridized carbons (Fsp3) is 0.381. The molecule has 2 fully saturated rings. The van der Waals surface area contributed by atoms with E-state index in [0.29, 0.717) is 24.2 Å². The van der Waals surface area contributed by atoms with Gasteiger partial charge in [0.25, 0.3) is 5.91 Å². The number of amides is 2. The molecule has 2 aliphatic heterocycles. The second-order valence-electron chi connectivity index (χ2n) is 7.17. The molecule has 0 atom stereocenters. The minimum absolute atomic E-state index is 0.158. The van der Waals surface area contributed by atoms with E-state index in [0.717, 1.165) is 37.4 Å². The summed E-state index contributed by atoms with van der Waals surface area (Å²) >= 11 is 0. The number of carbonyl (C=O) groups excluding carboxylic acids is 2. The molecule has 1 N–H and O–H groups in total. The van der Waals surface area contributed by atoms with E-state index >= 15 is 0 Å². The Balaban J connectivity index is 1.35. The summed E-state index contributed by atoms with van der Waals surface area (Å²) in [7, 11) is 0. The third-order valence-electron chi connectivity index (χ3n) is 5.20. The van der Waals surface area contributed by atoms with E-state index in [1.54, 1.807) is 18.3 Å². The Labute approximate surface area is 159 Å². The van der Waals surface area contributed by atoms with Gasteiger partial charge < -0.3 is 15.1 Å². The molecule has 0 unspecified atom stereocenters. The lowest BCUT2D eigenvalue weighted by molar-refractivity contribution is -0.128. The van der Waals surface area contributed by atoms with E-state index in [2.05, 4.69) is 15.2 Å². The maximum Gasteiger partial charge on any atom is 0.255 e. The largest absolute Gasteiger partial charge is 0.357 e. The summed E-state index contributed by atoms with van der Waals surface area (Å²) in [5.41, 5.74) is 2.32. The lowest BCUT2D eigenvalue weighted by Gasteiger charge is -2.16. The third kappa shape index (κ3) is 4.10. The van der Waals surface area contributed by atoms with Crippen LogP contribution in [0, 0.1) is 0 Å². The number of nitrogens with one attached hydrogen (secondary N) is 1. The molecule has 2 amide bonds. The van der Waals surface area contributed by atoms with Crippen molar-refractivity contribution in [1.82, 2.24) is 9.88 Å². The predicted molar refractivity (Wildman–Crippen MR) is 105 cm³/mol. The molecule has 1 aromatic heterocycles. The zero-order valence-corrected chi connectivity index (χ0v) is 15.4. The fourth-order valence-electron chi connectivity index (χ4n) is 3.65. The molecular formula is C21H24N4O2. The lowest BCUT2D eigenvalue weighted by atomic mass is 10.1. The van der Waals surface area contributed by atoms with E-state index < -0.39 is 0 Å². The van der Waals surface area contributed by atoms with E-state index in [1.165, 1.54) is 12.8 Å². The van der Waals surface area contributed by atoms with E-state index in [1.807, 2.05) is 29.2 Å². The normalized spacial score (nSPS) is 16.8. The Morgan fingerprint density at radius 3 is 2.41 bits per heavy atom. The van der Waals surface area contributed by atoms with Gasteiger partial charge in [-0.3, -0.25) is 9.59 Å². The molecule has 1 aromatic carbocycles. The number of rotatable bonds is 5. The van der Waals surface area contributed by atoms with Crippen molar-refractivity contribution in [2.75, 3.05) is 29.9 Å². The summed E-state index contributed by atoms with van der Waals surface area (Å²) in [4.78, 5) is 32.8. The summed E-state index contributed by atoms with van der Waals surface area (Å²) in [6.45, 7) is 3.53. The van der Waals surface area contributed by atoms with Crippen LogP contribution in [0.5, 0.6) is 0 Å². The van der Waals surface area contributed by atoms with Crippen molar-refractivity contribution in [3.05, 3.63) is 53.7 Å². The van der Waals surface area contributed by atoms with Gasteiger partial charge in [-0.15, -0.1) is 0 Å². The van der Waals surface area contributed by atoms with Crippen molar-refractivity contribution >= 4 is 23.3 Å². The van der Waals surface area contributed by atoms with Crippen LogP contribution in [-0.2, 0) is 11.3 Å². The van der Waals surface area contributed by atoms with E-state index in [-0.39, 0.29) is 11.8 Å². The van der Waals surface area contributed by atoms with Gasteiger partial charge in [-0.1, -0.05) is 12.1 Å². The summed E-state index contributed by atoms with van der Waals surface area (Å²) in [6, 6.07) is 11.3. The number of pyridine rings is 1. The second-order valence-corrected chi connectivity index (χ2v) is 7.17. The predicted octanol–water partition coefficient (Wildman–Crippen LogP) is 3.06. The number of likely N-dealkylation sites (tertiary alicyclic amines) is 1. The molecule has 2 saturated heterocycles. The molecule has 140 valence electrons. The first-order chi connectivity index (χ1) is 13.2. The Bertz CT molecular complexity index is 811. The van der Waals surface area contributed by atoms with Gasteiger partial charge in [0.1, 0.15) is 5.82 Å². The van der Waals surface area contributed by atoms with Gasteiger partial charge in [0.2, 0.25) is 5.91 Å². The summed E-state index contributed by atoms with van der Waals surface area (Å²) in [5.74, 6) is 1.02. The third-order valence-corrected chi connectivity index (χ3v) is 5.20. The SMILES string of the molecule is O=C(Nc1ccc(N2CCCC2)nc1)c1ccc(CN2CCCC2=O)cc1. The standard InChI is InChI=1S/C21H24N4O2/c26-20-4-3-13-25(20)15-16-5-7-17(8-6-16)21(27)23-18-9-10-19(22-14-18)24-11-1-2-12-24/h5-10,14H,1-4,11-13,15H2,(H,23,27). The number of nitrogens with zero attached hydrogens (tertiary/aromatic N) is 3. The summed E-state index contributed by atoms with van der Waals surface area (Å²) < 4.78 is 0. The van der Waals surface area contributed by atoms with Gasteiger partial charge in [0, 0.05) is 38.2 Å². The maximum absolute atomic E-state index is 12.4. The van der Waals surface area contributed by atoms with Crippen LogP contribution in [0.25, 0.3) is 0 Å². The lowest BCUT2D eigenvalue weighted by Crippen LogP contribution is -2.23. The highest BCUT2D eigenvalue weighted by Gasteiger charge is 2.20. The molecule has 2 aromatic rings. The van der Waals surface area contributed by atoms with Crippen LogP contribution in [0.1, 0.15) is 41.6 Å². The minimum Gasteiger partial charge on any atom is -0.357 e. The maximum atomic E-state index is 12.4. The first kappa shape index (κ1) is 17.5. The first-order valence-electron chi connectivity index (χ1n) is 9.58. The van der Waals surface area contributed by atoms with Crippen molar-refractivity contribution in [2.24, 2.45) is 0 Å². The summed E-state index contributed by atoms with van der Waals surface area (Å²) in [6.07, 6.45) is 5.71. The van der Waals surface area contributed by atoms with Crippen LogP contribution < -0.4 is 10.2 Å². The number of anilines is 2. The number of aromatic nitrogens is 1. The van der Waals surface area contributed by atoms with Crippen LogP contribution in [0.3, 0.4) is 0 Å². The number of carbonyl (C=O) groups is 2. The monoisotopic (exact) mass is 364 g/mol. The Morgan fingerprint density at radius 2 is 1.78 bits per heavy atom. The number of hydrogen-bond donors (Lipinski definition) is 1.